The number of carboxylic acids is 2. The van der Waals surface area contributed by atoms with Crippen molar-refractivity contribution in [2.75, 3.05) is 0 Å². The number of nitrogens with zero attached hydrogens (tertiary/aromatic N) is 1. The molecule has 0 saturated carbocycles. The second kappa shape index (κ2) is 7.25. The molecule has 2 rings (SSSR count). The fraction of sp³-hybridized carbons (Fsp3) is 0.182. The summed E-state index contributed by atoms with van der Waals surface area (Å²) in [7, 11) is 0. The number of aliphatic carboxylic acids is 2. The monoisotopic (exact) mass is 307 g/mol. The van der Waals surface area contributed by atoms with E-state index in [0.29, 0.717) is 4.34 Å². The van der Waals surface area contributed by atoms with Crippen LogP contribution in [0.15, 0.2) is 28.6 Å². The standard InChI is InChI=1S/C11H9NO4S2.Na.H/c13-9(14)5-8(10(15)16)18-11-12-6-3-1-2-4-7(6)17-11;;/h1-4,8H,5H2,(H,13,14)(H,15,16);;. The van der Waals surface area contributed by atoms with Crippen molar-refractivity contribution in [2.24, 2.45) is 0 Å². The molecule has 0 spiro atoms. The Balaban J connectivity index is 0.00000180. The van der Waals surface area contributed by atoms with E-state index in [2.05, 4.69) is 4.98 Å². The van der Waals surface area contributed by atoms with E-state index in [1.54, 1.807) is 0 Å². The summed E-state index contributed by atoms with van der Waals surface area (Å²) in [5, 5.41) is 16.6. The number of carboxylic acid groups (broad SMARTS) is 2. The average Bonchev–Trinajstić information content (AvgIpc) is 2.69. The van der Waals surface area contributed by atoms with E-state index in [1.807, 2.05) is 24.3 Å². The number of hydrogen-bond acceptors (Lipinski definition) is 5. The van der Waals surface area contributed by atoms with Gasteiger partial charge >= 0.3 is 41.5 Å². The van der Waals surface area contributed by atoms with Crippen LogP contribution in [0, 0.1) is 0 Å². The van der Waals surface area contributed by atoms with Crippen LogP contribution >= 0.6 is 23.1 Å². The van der Waals surface area contributed by atoms with E-state index in [4.69, 9.17) is 10.2 Å². The van der Waals surface area contributed by atoms with Gasteiger partial charge in [0.05, 0.1) is 16.6 Å². The molecule has 2 aromatic rings. The first-order chi connectivity index (χ1) is 8.56. The molecule has 5 nitrogen and oxygen atoms in total. The van der Waals surface area contributed by atoms with Crippen molar-refractivity contribution in [3.63, 3.8) is 0 Å². The molecule has 0 bridgehead atoms. The quantitative estimate of drug-likeness (QED) is 0.645. The Morgan fingerprint density at radius 1 is 1.32 bits per heavy atom. The number of rotatable bonds is 5. The van der Waals surface area contributed by atoms with Crippen molar-refractivity contribution in [3.8, 4) is 0 Å². The minimum atomic E-state index is -1.14. The number of benzene rings is 1. The Kier molecular flexibility index (Phi) is 6.28. The molecule has 1 aromatic heterocycles. The first kappa shape index (κ1) is 16.5. The summed E-state index contributed by atoms with van der Waals surface area (Å²) in [6.45, 7) is 0. The summed E-state index contributed by atoms with van der Waals surface area (Å²) < 4.78 is 1.53. The maximum absolute atomic E-state index is 10.9. The van der Waals surface area contributed by atoms with Crippen molar-refractivity contribution in [1.82, 2.24) is 4.98 Å². The summed E-state index contributed by atoms with van der Waals surface area (Å²) >= 11 is 2.34. The number of hydrogen-bond donors (Lipinski definition) is 2. The van der Waals surface area contributed by atoms with Crippen molar-refractivity contribution in [3.05, 3.63) is 24.3 Å². The van der Waals surface area contributed by atoms with E-state index in [9.17, 15) is 9.59 Å². The summed E-state index contributed by atoms with van der Waals surface area (Å²) in [4.78, 5) is 25.8. The van der Waals surface area contributed by atoms with Crippen LogP contribution in [0.5, 0.6) is 0 Å². The van der Waals surface area contributed by atoms with E-state index < -0.39 is 23.6 Å². The molecule has 0 radical (unpaired) electrons. The normalized spacial score (nSPS) is 11.8. The van der Waals surface area contributed by atoms with Gasteiger partial charge < -0.3 is 10.2 Å². The average molecular weight is 307 g/mol. The molecule has 1 unspecified atom stereocenters. The van der Waals surface area contributed by atoms with E-state index in [-0.39, 0.29) is 29.6 Å². The Bertz CT molecular complexity index is 568. The van der Waals surface area contributed by atoms with Gasteiger partial charge in [-0.15, -0.1) is 11.3 Å². The Morgan fingerprint density at radius 2 is 2.00 bits per heavy atom. The molecule has 1 aromatic carbocycles. The van der Waals surface area contributed by atoms with Crippen LogP contribution in [0.1, 0.15) is 6.42 Å². The van der Waals surface area contributed by atoms with Gasteiger partial charge in [0, 0.05) is 0 Å². The molecule has 96 valence electrons. The van der Waals surface area contributed by atoms with Gasteiger partial charge in [0.2, 0.25) is 0 Å². The predicted octanol–water partition coefficient (Wildman–Crippen LogP) is 1.67. The van der Waals surface area contributed by atoms with Gasteiger partial charge in [0.1, 0.15) is 5.25 Å². The fourth-order valence-corrected chi connectivity index (χ4v) is 3.59. The van der Waals surface area contributed by atoms with Gasteiger partial charge in [-0.05, 0) is 12.1 Å². The molecule has 0 aliphatic carbocycles. The zero-order valence-electron chi connectivity index (χ0n) is 9.07. The fourth-order valence-electron chi connectivity index (χ4n) is 1.36. The molecule has 0 fully saturated rings. The summed E-state index contributed by atoms with van der Waals surface area (Å²) in [5.74, 6) is -2.27. The van der Waals surface area contributed by atoms with Crippen molar-refractivity contribution >= 4 is 74.8 Å². The number of para-hydroxylation sites is 1. The van der Waals surface area contributed by atoms with Crippen LogP contribution in [0.2, 0.25) is 0 Å². The Labute approximate surface area is 139 Å². The third-order valence-electron chi connectivity index (χ3n) is 2.15. The van der Waals surface area contributed by atoms with Gasteiger partial charge in [0.25, 0.3) is 0 Å². The zero-order valence-corrected chi connectivity index (χ0v) is 10.7. The molecule has 0 aliphatic heterocycles. The van der Waals surface area contributed by atoms with Crippen LogP contribution in [0.3, 0.4) is 0 Å². The molecule has 19 heavy (non-hydrogen) atoms. The molecule has 0 amide bonds. The Morgan fingerprint density at radius 3 is 2.58 bits per heavy atom. The Hall–Kier alpha value is -0.600. The maximum atomic E-state index is 10.9. The van der Waals surface area contributed by atoms with E-state index >= 15 is 0 Å². The second-order valence-corrected chi connectivity index (χ2v) is 5.97. The molecular formula is C11H10NNaO4S2. The van der Waals surface area contributed by atoms with Crippen molar-refractivity contribution in [1.29, 1.82) is 0 Å². The first-order valence-corrected chi connectivity index (χ1v) is 6.72. The van der Waals surface area contributed by atoms with E-state index in [1.165, 1.54) is 11.3 Å². The van der Waals surface area contributed by atoms with Crippen molar-refractivity contribution < 1.29 is 19.8 Å². The molecule has 0 saturated heterocycles. The summed E-state index contributed by atoms with van der Waals surface area (Å²) in [5.41, 5.74) is 0.796. The van der Waals surface area contributed by atoms with Gasteiger partial charge in [-0.2, -0.15) is 0 Å². The van der Waals surface area contributed by atoms with Gasteiger partial charge in [-0.3, -0.25) is 9.59 Å². The van der Waals surface area contributed by atoms with Crippen molar-refractivity contribution in [2.45, 2.75) is 16.0 Å². The van der Waals surface area contributed by atoms with E-state index in [0.717, 1.165) is 22.0 Å². The molecule has 8 heteroatoms. The van der Waals surface area contributed by atoms with Crippen LogP contribution in [0.25, 0.3) is 10.2 Å². The van der Waals surface area contributed by atoms with Crippen LogP contribution in [-0.4, -0.2) is 61.9 Å². The molecular weight excluding hydrogens is 297 g/mol. The number of aromatic nitrogens is 1. The first-order valence-electron chi connectivity index (χ1n) is 5.03. The third-order valence-corrected chi connectivity index (χ3v) is 4.47. The van der Waals surface area contributed by atoms with Crippen LogP contribution in [-0.2, 0) is 9.59 Å². The van der Waals surface area contributed by atoms with Gasteiger partial charge in [0.15, 0.2) is 4.34 Å². The number of fused-ring (bicyclic) bond motifs is 1. The number of thiazole rings is 1. The van der Waals surface area contributed by atoms with Crippen LogP contribution in [0.4, 0.5) is 0 Å². The number of carbonyl (C=O) groups is 2. The molecule has 1 atom stereocenters. The van der Waals surface area contributed by atoms with Gasteiger partial charge in [-0.1, -0.05) is 23.9 Å². The van der Waals surface area contributed by atoms with Crippen LogP contribution < -0.4 is 0 Å². The SMILES string of the molecule is O=C(O)CC(Sc1nc2ccccc2s1)C(=O)O.[NaH]. The predicted molar refractivity (Wildman–Crippen MR) is 76.3 cm³/mol. The second-order valence-electron chi connectivity index (χ2n) is 3.49. The third kappa shape index (κ3) is 4.47. The molecule has 2 N–H and O–H groups in total. The minimum absolute atomic E-state index is 0. The summed E-state index contributed by atoms with van der Waals surface area (Å²) in [6, 6.07) is 7.45. The molecule has 1 heterocycles. The number of thioether (sulfide) groups is 1. The van der Waals surface area contributed by atoms with Gasteiger partial charge in [-0.25, -0.2) is 4.98 Å². The molecule has 0 aliphatic rings. The zero-order chi connectivity index (χ0) is 13.1. The summed E-state index contributed by atoms with van der Waals surface area (Å²) in [6.07, 6.45) is -0.421. The topological polar surface area (TPSA) is 87.5 Å².